The highest BCUT2D eigenvalue weighted by atomic mass is 32.2. The second kappa shape index (κ2) is 9.29. The van der Waals surface area contributed by atoms with E-state index in [1.54, 1.807) is 30.9 Å². The molecule has 0 saturated carbocycles. The van der Waals surface area contributed by atoms with Crippen LogP contribution in [-0.4, -0.2) is 78.9 Å². The molecule has 2 aromatic rings. The molecular weight excluding hydrogens is 435 g/mol. The number of benzene rings is 1. The molecule has 2 aliphatic rings. The Morgan fingerprint density at radius 1 is 1.19 bits per heavy atom. The van der Waals surface area contributed by atoms with Crippen molar-refractivity contribution in [2.24, 2.45) is 0 Å². The summed E-state index contributed by atoms with van der Waals surface area (Å²) in [5.74, 6) is 0.0393. The fraction of sp³-hybridized carbons (Fsp3) is 0.545. The number of halogens is 1. The molecule has 0 N–H and O–H groups in total. The molecule has 1 aromatic heterocycles. The molecule has 1 aromatic carbocycles. The number of rotatable bonds is 6. The minimum atomic E-state index is -3.70. The van der Waals surface area contributed by atoms with Crippen LogP contribution in [-0.2, 0) is 21.2 Å². The van der Waals surface area contributed by atoms with E-state index in [0.717, 1.165) is 24.9 Å². The molecule has 2 aliphatic heterocycles. The number of sulfonamides is 1. The first-order valence-electron chi connectivity index (χ1n) is 10.9. The number of aryl methyl sites for hydroxylation is 2. The van der Waals surface area contributed by atoms with Crippen LogP contribution in [0.15, 0.2) is 33.7 Å². The van der Waals surface area contributed by atoms with Crippen molar-refractivity contribution in [1.82, 2.24) is 19.3 Å². The quantitative estimate of drug-likeness (QED) is 0.650. The van der Waals surface area contributed by atoms with Crippen molar-refractivity contribution in [3.8, 4) is 0 Å². The van der Waals surface area contributed by atoms with Crippen molar-refractivity contribution in [1.29, 1.82) is 0 Å². The number of nitrogens with zero attached hydrogens (tertiary/aromatic N) is 4. The third-order valence-electron chi connectivity index (χ3n) is 6.35. The monoisotopic (exact) mass is 464 g/mol. The van der Waals surface area contributed by atoms with Gasteiger partial charge in [-0.2, -0.15) is 4.31 Å². The summed E-state index contributed by atoms with van der Waals surface area (Å²) in [6.45, 7) is 5.52. The summed E-state index contributed by atoms with van der Waals surface area (Å²) in [4.78, 5) is 17.0. The molecule has 8 nitrogen and oxygen atoms in total. The van der Waals surface area contributed by atoms with E-state index in [0.29, 0.717) is 31.7 Å². The van der Waals surface area contributed by atoms with Crippen LogP contribution in [0, 0.1) is 19.7 Å². The van der Waals surface area contributed by atoms with Crippen LogP contribution < -0.4 is 0 Å². The molecule has 0 aliphatic carbocycles. The third kappa shape index (κ3) is 4.72. The van der Waals surface area contributed by atoms with Crippen molar-refractivity contribution in [2.75, 3.05) is 39.3 Å². The van der Waals surface area contributed by atoms with Gasteiger partial charge in [0.25, 0.3) is 0 Å². The summed E-state index contributed by atoms with van der Waals surface area (Å²) >= 11 is 0. The molecule has 1 amide bonds. The van der Waals surface area contributed by atoms with E-state index in [1.807, 2.05) is 6.07 Å². The maximum atomic E-state index is 13.5. The van der Waals surface area contributed by atoms with Crippen LogP contribution in [0.1, 0.15) is 29.9 Å². The van der Waals surface area contributed by atoms with E-state index in [-0.39, 0.29) is 41.5 Å². The van der Waals surface area contributed by atoms with Gasteiger partial charge < -0.3 is 9.42 Å². The van der Waals surface area contributed by atoms with Gasteiger partial charge in [0, 0.05) is 32.2 Å². The van der Waals surface area contributed by atoms with Crippen LogP contribution in [0.25, 0.3) is 0 Å². The van der Waals surface area contributed by atoms with Crippen molar-refractivity contribution < 1.29 is 22.1 Å². The molecule has 10 heteroatoms. The zero-order chi connectivity index (χ0) is 22.9. The largest absolute Gasteiger partial charge is 0.360 e. The van der Waals surface area contributed by atoms with Gasteiger partial charge in [0.2, 0.25) is 15.9 Å². The van der Waals surface area contributed by atoms with Crippen LogP contribution in [0.4, 0.5) is 4.39 Å². The minimum absolute atomic E-state index is 0.00512. The SMILES string of the molecule is Cc1noc(C)c1S(=O)(=O)N1CCN(C(=O)CN2CCCC2Cc2cccc(F)c2)CC1. The van der Waals surface area contributed by atoms with E-state index in [1.165, 1.54) is 10.4 Å². The molecular formula is C22H29FN4O4S. The van der Waals surface area contributed by atoms with Crippen molar-refractivity contribution in [2.45, 2.75) is 44.0 Å². The summed E-state index contributed by atoms with van der Waals surface area (Å²) in [5.41, 5.74) is 1.28. The maximum absolute atomic E-state index is 13.5. The first-order valence-corrected chi connectivity index (χ1v) is 12.4. The fourth-order valence-corrected chi connectivity index (χ4v) is 6.41. The number of likely N-dealkylation sites (tertiary alicyclic amines) is 1. The van der Waals surface area contributed by atoms with E-state index in [2.05, 4.69) is 10.1 Å². The number of carbonyl (C=O) groups excluding carboxylic acids is 1. The first kappa shape index (κ1) is 22.9. The number of hydrogen-bond acceptors (Lipinski definition) is 6. The first-order chi connectivity index (χ1) is 15.3. The van der Waals surface area contributed by atoms with Gasteiger partial charge >= 0.3 is 0 Å². The predicted octanol–water partition coefficient (Wildman–Crippen LogP) is 1.97. The molecule has 1 unspecified atom stereocenters. The van der Waals surface area contributed by atoms with E-state index >= 15 is 0 Å². The molecule has 0 radical (unpaired) electrons. The summed E-state index contributed by atoms with van der Waals surface area (Å²) in [7, 11) is -3.70. The van der Waals surface area contributed by atoms with Crippen molar-refractivity contribution in [3.05, 3.63) is 47.1 Å². The Bertz CT molecular complexity index is 1060. The number of carbonyl (C=O) groups is 1. The zero-order valence-corrected chi connectivity index (χ0v) is 19.3. The molecule has 4 rings (SSSR count). The van der Waals surface area contributed by atoms with Gasteiger partial charge in [-0.1, -0.05) is 17.3 Å². The Morgan fingerprint density at radius 2 is 1.94 bits per heavy atom. The van der Waals surface area contributed by atoms with Crippen LogP contribution in [0.3, 0.4) is 0 Å². The van der Waals surface area contributed by atoms with Gasteiger partial charge in [0.05, 0.1) is 6.54 Å². The number of amides is 1. The molecule has 2 saturated heterocycles. The average Bonchev–Trinajstić information content (AvgIpc) is 3.33. The third-order valence-corrected chi connectivity index (χ3v) is 8.50. The van der Waals surface area contributed by atoms with Gasteiger partial charge in [-0.3, -0.25) is 9.69 Å². The Hall–Kier alpha value is -2.30. The summed E-state index contributed by atoms with van der Waals surface area (Å²) in [5, 5.41) is 3.75. The Kier molecular flexibility index (Phi) is 6.64. The van der Waals surface area contributed by atoms with Gasteiger partial charge in [-0.25, -0.2) is 12.8 Å². The molecule has 0 spiro atoms. The molecule has 0 bridgehead atoms. The van der Waals surface area contributed by atoms with Gasteiger partial charge in [0.1, 0.15) is 16.4 Å². The number of aromatic nitrogens is 1. The van der Waals surface area contributed by atoms with Crippen LogP contribution in [0.5, 0.6) is 0 Å². The van der Waals surface area contributed by atoms with Crippen molar-refractivity contribution in [3.63, 3.8) is 0 Å². The minimum Gasteiger partial charge on any atom is -0.360 e. The van der Waals surface area contributed by atoms with Crippen molar-refractivity contribution >= 4 is 15.9 Å². The van der Waals surface area contributed by atoms with Gasteiger partial charge in [0.15, 0.2) is 5.76 Å². The second-order valence-electron chi connectivity index (χ2n) is 8.54. The lowest BCUT2D eigenvalue weighted by molar-refractivity contribution is -0.133. The number of piperazine rings is 1. The highest BCUT2D eigenvalue weighted by Crippen LogP contribution is 2.25. The Balaban J connectivity index is 1.33. The Morgan fingerprint density at radius 3 is 2.59 bits per heavy atom. The van der Waals surface area contributed by atoms with Crippen LogP contribution in [0.2, 0.25) is 0 Å². The normalized spacial score (nSPS) is 20.7. The summed E-state index contributed by atoms with van der Waals surface area (Å²) < 4.78 is 45.9. The fourth-order valence-electron chi connectivity index (χ4n) is 4.69. The molecule has 2 fully saturated rings. The molecule has 1 atom stereocenters. The smallest absolute Gasteiger partial charge is 0.248 e. The van der Waals surface area contributed by atoms with Gasteiger partial charge in [-0.15, -0.1) is 0 Å². The molecule has 32 heavy (non-hydrogen) atoms. The highest BCUT2D eigenvalue weighted by Gasteiger charge is 2.35. The van der Waals surface area contributed by atoms with Gasteiger partial charge in [-0.05, 0) is 57.4 Å². The highest BCUT2D eigenvalue weighted by molar-refractivity contribution is 7.89. The molecule has 3 heterocycles. The standard InChI is InChI=1S/C22H29FN4O4S/c1-16-22(17(2)31-24-16)32(29,30)27-11-9-25(10-12-27)21(28)15-26-8-4-7-20(26)14-18-5-3-6-19(23)13-18/h3,5-6,13,20H,4,7-12,14-15H2,1-2H3. The topological polar surface area (TPSA) is 87.0 Å². The zero-order valence-electron chi connectivity index (χ0n) is 18.5. The predicted molar refractivity (Wildman–Crippen MR) is 116 cm³/mol. The van der Waals surface area contributed by atoms with Crippen LogP contribution >= 0.6 is 0 Å². The van der Waals surface area contributed by atoms with E-state index in [4.69, 9.17) is 4.52 Å². The summed E-state index contributed by atoms with van der Waals surface area (Å²) in [6, 6.07) is 6.83. The molecule has 174 valence electrons. The number of hydrogen-bond donors (Lipinski definition) is 0. The van der Waals surface area contributed by atoms with E-state index in [9.17, 15) is 17.6 Å². The lowest BCUT2D eigenvalue weighted by Gasteiger charge is -2.35. The Labute approximate surface area is 188 Å². The average molecular weight is 465 g/mol. The summed E-state index contributed by atoms with van der Waals surface area (Å²) in [6.07, 6.45) is 2.71. The maximum Gasteiger partial charge on any atom is 0.248 e. The van der Waals surface area contributed by atoms with E-state index < -0.39 is 10.0 Å². The lowest BCUT2D eigenvalue weighted by atomic mass is 10.0. The second-order valence-corrected chi connectivity index (χ2v) is 10.4. The lowest BCUT2D eigenvalue weighted by Crippen LogP contribution is -2.53.